The predicted octanol–water partition coefficient (Wildman–Crippen LogP) is 1.29. The maximum atomic E-state index is 12.4. The van der Waals surface area contributed by atoms with Crippen LogP contribution in [0.15, 0.2) is 48.5 Å². The van der Waals surface area contributed by atoms with E-state index in [1.54, 1.807) is 6.07 Å². The lowest BCUT2D eigenvalue weighted by molar-refractivity contribution is -0.305. The molecule has 0 aliphatic carbocycles. The summed E-state index contributed by atoms with van der Waals surface area (Å²) in [5.41, 5.74) is 1.88. The summed E-state index contributed by atoms with van der Waals surface area (Å²) in [6, 6.07) is 14.2. The Morgan fingerprint density at radius 1 is 1.00 bits per heavy atom. The highest BCUT2D eigenvalue weighted by molar-refractivity contribution is 7.99. The Bertz CT molecular complexity index is 929. The monoisotopic (exact) mass is 397 g/mol. The molecule has 3 amide bonds. The van der Waals surface area contributed by atoms with Crippen molar-refractivity contribution < 1.29 is 24.3 Å². The van der Waals surface area contributed by atoms with Gasteiger partial charge >= 0.3 is 0 Å². The quantitative estimate of drug-likeness (QED) is 0.673. The zero-order valence-corrected chi connectivity index (χ0v) is 15.7. The molecule has 0 saturated carbocycles. The summed E-state index contributed by atoms with van der Waals surface area (Å²) in [6.07, 6.45) is -0.423. The normalized spacial score (nSPS) is 12.8. The lowest BCUT2D eigenvalue weighted by Crippen LogP contribution is -2.34. The van der Waals surface area contributed by atoms with Crippen molar-refractivity contribution in [2.45, 2.75) is 12.2 Å². The summed E-state index contributed by atoms with van der Waals surface area (Å²) in [7, 11) is 0. The molecule has 0 fully saturated rings. The van der Waals surface area contributed by atoms with Crippen LogP contribution in [0.1, 0.15) is 32.7 Å². The van der Waals surface area contributed by atoms with Crippen LogP contribution in [0.5, 0.6) is 0 Å². The fourth-order valence-corrected chi connectivity index (χ4v) is 3.60. The van der Waals surface area contributed by atoms with Crippen molar-refractivity contribution in [3.05, 3.63) is 65.2 Å². The van der Waals surface area contributed by atoms with E-state index in [9.17, 15) is 24.3 Å². The Morgan fingerprint density at radius 3 is 2.43 bits per heavy atom. The van der Waals surface area contributed by atoms with E-state index in [0.717, 1.165) is 10.5 Å². The Labute approximate surface area is 165 Å². The van der Waals surface area contributed by atoms with Gasteiger partial charge in [-0.15, -0.1) is 11.8 Å². The number of hydrogen-bond donors (Lipinski definition) is 1. The number of imide groups is 1. The topological polar surface area (TPSA) is 107 Å². The summed E-state index contributed by atoms with van der Waals surface area (Å²) in [6.45, 7) is -0.244. The zero-order valence-electron chi connectivity index (χ0n) is 14.8. The SMILES string of the molecule is O=C([O-])CCN1C(=O)c2ccc(NC(=O)CSCc3ccccc3)cc2C1=O. The molecule has 0 unspecified atom stereocenters. The fourth-order valence-electron chi connectivity index (χ4n) is 2.81. The predicted molar refractivity (Wildman–Crippen MR) is 103 cm³/mol. The van der Waals surface area contributed by atoms with E-state index >= 15 is 0 Å². The molecular weight excluding hydrogens is 380 g/mol. The van der Waals surface area contributed by atoms with Gasteiger partial charge in [0.25, 0.3) is 11.8 Å². The van der Waals surface area contributed by atoms with Crippen molar-refractivity contribution >= 4 is 41.1 Å². The minimum Gasteiger partial charge on any atom is -0.550 e. The summed E-state index contributed by atoms with van der Waals surface area (Å²) in [5, 5.41) is 13.3. The minimum atomic E-state index is -1.34. The van der Waals surface area contributed by atoms with Gasteiger partial charge < -0.3 is 15.2 Å². The van der Waals surface area contributed by atoms with Gasteiger partial charge in [0.15, 0.2) is 0 Å². The Kier molecular flexibility index (Phi) is 6.10. The molecule has 0 atom stereocenters. The second kappa shape index (κ2) is 8.71. The number of carboxylic acids is 1. The third-order valence-electron chi connectivity index (χ3n) is 4.14. The number of anilines is 1. The standard InChI is InChI=1S/C20H18N2O5S/c23-17(12-28-11-13-4-2-1-3-5-13)21-14-6-7-15-16(10-14)20(27)22(19(15)26)9-8-18(24)25/h1-7,10H,8-9,11-12H2,(H,21,23)(H,24,25)/p-1. The number of nitrogens with one attached hydrogen (secondary N) is 1. The van der Waals surface area contributed by atoms with Crippen molar-refractivity contribution in [3.63, 3.8) is 0 Å². The molecule has 28 heavy (non-hydrogen) atoms. The molecule has 0 spiro atoms. The molecular formula is C20H17N2O5S-. The highest BCUT2D eigenvalue weighted by Gasteiger charge is 2.35. The van der Waals surface area contributed by atoms with Crippen LogP contribution in [0.3, 0.4) is 0 Å². The molecule has 7 nitrogen and oxygen atoms in total. The number of carboxylic acid groups (broad SMARTS) is 1. The molecule has 0 aromatic heterocycles. The van der Waals surface area contributed by atoms with E-state index in [-0.39, 0.29) is 29.3 Å². The Balaban J connectivity index is 1.58. The number of thioether (sulfide) groups is 1. The average molecular weight is 397 g/mol. The van der Waals surface area contributed by atoms with Crippen LogP contribution in [0, 0.1) is 0 Å². The van der Waals surface area contributed by atoms with Crippen LogP contribution < -0.4 is 10.4 Å². The van der Waals surface area contributed by atoms with Crippen LogP contribution in [0.4, 0.5) is 5.69 Å². The van der Waals surface area contributed by atoms with Crippen LogP contribution in [-0.2, 0) is 15.3 Å². The van der Waals surface area contributed by atoms with E-state index in [1.807, 2.05) is 30.3 Å². The largest absolute Gasteiger partial charge is 0.550 e. The van der Waals surface area contributed by atoms with Gasteiger partial charge in [-0.1, -0.05) is 30.3 Å². The van der Waals surface area contributed by atoms with Crippen molar-refractivity contribution in [2.24, 2.45) is 0 Å². The average Bonchev–Trinajstić information content (AvgIpc) is 2.91. The first-order chi connectivity index (χ1) is 13.5. The van der Waals surface area contributed by atoms with Gasteiger partial charge in [0, 0.05) is 30.4 Å². The molecule has 1 aliphatic rings. The summed E-state index contributed by atoms with van der Waals surface area (Å²) >= 11 is 1.47. The summed E-state index contributed by atoms with van der Waals surface area (Å²) in [4.78, 5) is 48.2. The number of benzene rings is 2. The summed E-state index contributed by atoms with van der Waals surface area (Å²) in [5.74, 6) is -1.72. The molecule has 0 bridgehead atoms. The number of carbonyl (C=O) groups excluding carboxylic acids is 4. The number of hydrogen-bond acceptors (Lipinski definition) is 6. The van der Waals surface area contributed by atoms with Gasteiger partial charge in [-0.3, -0.25) is 19.3 Å². The number of carbonyl (C=O) groups is 4. The van der Waals surface area contributed by atoms with E-state index in [2.05, 4.69) is 5.32 Å². The Morgan fingerprint density at radius 2 is 1.71 bits per heavy atom. The van der Waals surface area contributed by atoms with Gasteiger partial charge in [0.1, 0.15) is 0 Å². The molecule has 1 N–H and O–H groups in total. The highest BCUT2D eigenvalue weighted by Crippen LogP contribution is 2.26. The summed E-state index contributed by atoms with van der Waals surface area (Å²) < 4.78 is 0. The van der Waals surface area contributed by atoms with Crippen molar-refractivity contribution in [3.8, 4) is 0 Å². The van der Waals surface area contributed by atoms with E-state index < -0.39 is 24.2 Å². The van der Waals surface area contributed by atoms with Gasteiger partial charge in [0.2, 0.25) is 5.91 Å². The molecule has 1 aliphatic heterocycles. The number of aliphatic carboxylic acids is 1. The molecule has 2 aromatic rings. The smallest absolute Gasteiger partial charge is 0.261 e. The lowest BCUT2D eigenvalue weighted by atomic mass is 10.1. The first-order valence-corrected chi connectivity index (χ1v) is 9.73. The van der Waals surface area contributed by atoms with Gasteiger partial charge in [-0.05, 0) is 23.8 Å². The number of rotatable bonds is 8. The van der Waals surface area contributed by atoms with Crippen LogP contribution >= 0.6 is 11.8 Å². The maximum absolute atomic E-state index is 12.4. The molecule has 144 valence electrons. The molecule has 2 aromatic carbocycles. The fraction of sp³-hybridized carbons (Fsp3) is 0.200. The maximum Gasteiger partial charge on any atom is 0.261 e. The van der Waals surface area contributed by atoms with E-state index in [0.29, 0.717) is 11.4 Å². The van der Waals surface area contributed by atoms with Gasteiger partial charge in [-0.25, -0.2) is 0 Å². The highest BCUT2D eigenvalue weighted by atomic mass is 32.2. The van der Waals surface area contributed by atoms with Gasteiger partial charge in [0.05, 0.1) is 16.9 Å². The first kappa shape index (κ1) is 19.6. The van der Waals surface area contributed by atoms with Crippen molar-refractivity contribution in [1.82, 2.24) is 4.90 Å². The minimum absolute atomic E-state index is 0.151. The lowest BCUT2D eigenvalue weighted by Gasteiger charge is -2.13. The van der Waals surface area contributed by atoms with Crippen LogP contribution in [0.25, 0.3) is 0 Å². The Hall–Kier alpha value is -3.13. The third-order valence-corrected chi connectivity index (χ3v) is 5.14. The van der Waals surface area contributed by atoms with E-state index in [1.165, 1.54) is 23.9 Å². The first-order valence-electron chi connectivity index (χ1n) is 8.57. The molecule has 0 saturated heterocycles. The van der Waals surface area contributed by atoms with Crippen LogP contribution in [-0.4, -0.2) is 40.9 Å². The zero-order chi connectivity index (χ0) is 20.1. The van der Waals surface area contributed by atoms with Crippen molar-refractivity contribution in [1.29, 1.82) is 0 Å². The second-order valence-electron chi connectivity index (χ2n) is 6.17. The van der Waals surface area contributed by atoms with Gasteiger partial charge in [-0.2, -0.15) is 0 Å². The number of nitrogens with zero attached hydrogens (tertiary/aromatic N) is 1. The molecule has 0 radical (unpaired) electrons. The number of amides is 3. The molecule has 1 heterocycles. The number of fused-ring (bicyclic) bond motifs is 1. The van der Waals surface area contributed by atoms with Crippen LogP contribution in [0.2, 0.25) is 0 Å². The van der Waals surface area contributed by atoms with Crippen molar-refractivity contribution in [2.75, 3.05) is 17.6 Å². The third kappa shape index (κ3) is 4.58. The molecule has 8 heteroatoms. The second-order valence-corrected chi connectivity index (χ2v) is 7.16. The van der Waals surface area contributed by atoms with E-state index in [4.69, 9.17) is 0 Å². The molecule has 3 rings (SSSR count).